The van der Waals surface area contributed by atoms with Crippen LogP contribution in [0.3, 0.4) is 0 Å². The van der Waals surface area contributed by atoms with Gasteiger partial charge in [0.25, 0.3) is 11.8 Å². The maximum absolute atomic E-state index is 12.6. The minimum absolute atomic E-state index is 0.118. The van der Waals surface area contributed by atoms with E-state index in [1.165, 1.54) is 0 Å². The first-order valence-electron chi connectivity index (χ1n) is 7.22. The zero-order chi connectivity index (χ0) is 17.9. The summed E-state index contributed by atoms with van der Waals surface area (Å²) in [6.45, 7) is 0.450. The van der Waals surface area contributed by atoms with E-state index >= 15 is 0 Å². The molecular weight excluding hydrogens is 350 g/mol. The van der Waals surface area contributed by atoms with Gasteiger partial charge in [-0.25, -0.2) is 0 Å². The van der Waals surface area contributed by atoms with Gasteiger partial charge in [-0.2, -0.15) is 0 Å². The number of thiol groups is 2. The van der Waals surface area contributed by atoms with Crippen molar-refractivity contribution in [2.75, 3.05) is 7.05 Å². The van der Waals surface area contributed by atoms with Gasteiger partial charge in [0.15, 0.2) is 0 Å². The molecule has 9 heteroatoms. The zero-order valence-corrected chi connectivity index (χ0v) is 14.7. The second kappa shape index (κ2) is 7.82. The second-order valence-electron chi connectivity index (χ2n) is 5.32. The van der Waals surface area contributed by atoms with Crippen LogP contribution in [0.1, 0.15) is 39.1 Å². The van der Waals surface area contributed by atoms with Gasteiger partial charge in [0.1, 0.15) is 6.04 Å². The first-order chi connectivity index (χ1) is 11.5. The van der Waals surface area contributed by atoms with E-state index in [2.05, 4.69) is 34.0 Å². The molecule has 0 spiro atoms. The molecule has 0 aromatic heterocycles. The Morgan fingerprint density at radius 3 is 2.54 bits per heavy atom. The largest absolute Gasteiger partial charge is 0.316 e. The van der Waals surface area contributed by atoms with Crippen LogP contribution in [0.25, 0.3) is 0 Å². The molecule has 4 amide bonds. The van der Waals surface area contributed by atoms with Crippen LogP contribution in [0.4, 0.5) is 0 Å². The third-order valence-corrected chi connectivity index (χ3v) is 3.92. The molecule has 128 valence electrons. The van der Waals surface area contributed by atoms with Crippen molar-refractivity contribution in [1.29, 1.82) is 0 Å². The van der Waals surface area contributed by atoms with E-state index in [1.54, 1.807) is 25.2 Å². The highest BCUT2D eigenvalue weighted by atomic mass is 33.1. The highest BCUT2D eigenvalue weighted by molar-refractivity contribution is 8.59. The lowest BCUT2D eigenvalue weighted by Crippen LogP contribution is -2.54. The highest BCUT2D eigenvalue weighted by Crippen LogP contribution is 2.29. The molecule has 1 saturated heterocycles. The van der Waals surface area contributed by atoms with Crippen LogP contribution in [0.5, 0.6) is 0 Å². The molecule has 1 fully saturated rings. The number of nitrogens with one attached hydrogen (secondary N) is 2. The minimum atomic E-state index is -0.924. The van der Waals surface area contributed by atoms with Crippen LogP contribution in [0.2, 0.25) is 0 Å². The molecule has 1 atom stereocenters. The van der Waals surface area contributed by atoms with E-state index in [0.717, 1.165) is 4.90 Å². The van der Waals surface area contributed by atoms with E-state index in [9.17, 15) is 19.2 Å². The summed E-state index contributed by atoms with van der Waals surface area (Å²) in [5.41, 5.74) is 1.36. The number of rotatable bonds is 3. The molecule has 0 bridgehead atoms. The molecule has 0 saturated carbocycles. The SMILES string of the molecule is CNCc1cccc2c1C(=O)N(C1CCC(=O)NC1=O)C2=O.SS. The van der Waals surface area contributed by atoms with E-state index in [4.69, 9.17) is 0 Å². The Hall–Kier alpha value is -1.84. The average molecular weight is 367 g/mol. The summed E-state index contributed by atoms with van der Waals surface area (Å²) in [6.07, 6.45) is 0.282. The van der Waals surface area contributed by atoms with Gasteiger partial charge in [0.05, 0.1) is 11.1 Å². The van der Waals surface area contributed by atoms with Crippen molar-refractivity contribution >= 4 is 47.0 Å². The Morgan fingerprint density at radius 2 is 1.92 bits per heavy atom. The zero-order valence-electron chi connectivity index (χ0n) is 12.9. The van der Waals surface area contributed by atoms with Crippen molar-refractivity contribution in [2.24, 2.45) is 0 Å². The highest BCUT2D eigenvalue weighted by Gasteiger charge is 2.45. The Balaban J connectivity index is 0.00000100. The molecule has 1 aromatic carbocycles. The van der Waals surface area contributed by atoms with Gasteiger partial charge in [0.2, 0.25) is 11.8 Å². The van der Waals surface area contributed by atoms with Gasteiger partial charge in [0, 0.05) is 13.0 Å². The van der Waals surface area contributed by atoms with Gasteiger partial charge in [-0.05, 0) is 25.1 Å². The lowest BCUT2D eigenvalue weighted by Gasteiger charge is -2.27. The summed E-state index contributed by atoms with van der Waals surface area (Å²) in [4.78, 5) is 49.3. The second-order valence-corrected chi connectivity index (χ2v) is 5.32. The summed E-state index contributed by atoms with van der Waals surface area (Å²) in [5, 5.41) is 5.13. The topological polar surface area (TPSA) is 95.6 Å². The fourth-order valence-corrected chi connectivity index (χ4v) is 2.92. The van der Waals surface area contributed by atoms with Crippen LogP contribution >= 0.6 is 23.3 Å². The molecule has 7 nitrogen and oxygen atoms in total. The fraction of sp³-hybridized carbons (Fsp3) is 0.333. The molecule has 1 unspecified atom stereocenters. The number of benzene rings is 1. The average Bonchev–Trinajstić information content (AvgIpc) is 2.83. The third-order valence-electron chi connectivity index (χ3n) is 3.92. The number of hydrogen-bond acceptors (Lipinski definition) is 7. The lowest BCUT2D eigenvalue weighted by molar-refractivity contribution is -0.136. The van der Waals surface area contributed by atoms with E-state index in [1.807, 2.05) is 0 Å². The number of amides is 4. The number of hydrogen-bond donors (Lipinski definition) is 4. The van der Waals surface area contributed by atoms with Crippen LogP contribution in [0.15, 0.2) is 18.2 Å². The number of fused-ring (bicyclic) bond motifs is 1. The maximum atomic E-state index is 12.6. The lowest BCUT2D eigenvalue weighted by atomic mass is 10.0. The number of carbonyl (C=O) groups excluding carboxylic acids is 4. The third kappa shape index (κ3) is 3.19. The number of carbonyl (C=O) groups is 4. The predicted octanol–water partition coefficient (Wildman–Crippen LogP) is 0.568. The van der Waals surface area contributed by atoms with Crippen molar-refractivity contribution in [3.05, 3.63) is 34.9 Å². The van der Waals surface area contributed by atoms with Gasteiger partial charge in [-0.3, -0.25) is 29.4 Å². The van der Waals surface area contributed by atoms with E-state index in [-0.39, 0.29) is 18.7 Å². The molecule has 2 aliphatic heterocycles. The fourth-order valence-electron chi connectivity index (χ4n) is 2.92. The normalized spacial score (nSPS) is 19.6. The van der Waals surface area contributed by atoms with Crippen LogP contribution < -0.4 is 10.6 Å². The number of imide groups is 2. The standard InChI is InChI=1S/C15H15N3O4.H2S2/c1-16-7-8-3-2-4-9-12(8)15(22)18(14(9)21)10-5-6-11(19)17-13(10)20;1-2/h2-4,10,16H,5-7H2,1H3,(H,17,19,20);1-2H. The van der Waals surface area contributed by atoms with Gasteiger partial charge in [-0.15, -0.1) is 23.3 Å². The number of piperidine rings is 1. The van der Waals surface area contributed by atoms with Crippen LogP contribution in [0, 0.1) is 0 Å². The number of nitrogens with zero attached hydrogens (tertiary/aromatic N) is 1. The van der Waals surface area contributed by atoms with Crippen molar-refractivity contribution in [2.45, 2.75) is 25.4 Å². The molecule has 1 aromatic rings. The summed E-state index contributed by atoms with van der Waals surface area (Å²) in [5.74, 6) is -1.93. The molecule has 0 radical (unpaired) electrons. The first-order valence-corrected chi connectivity index (χ1v) is 8.82. The predicted molar refractivity (Wildman–Crippen MR) is 93.8 cm³/mol. The first kappa shape index (κ1) is 18.5. The van der Waals surface area contributed by atoms with Crippen molar-refractivity contribution in [3.8, 4) is 0 Å². The van der Waals surface area contributed by atoms with E-state index < -0.39 is 23.8 Å². The minimum Gasteiger partial charge on any atom is -0.316 e. The van der Waals surface area contributed by atoms with Crippen LogP contribution in [-0.2, 0) is 16.1 Å². The smallest absolute Gasteiger partial charge is 0.262 e. The van der Waals surface area contributed by atoms with Gasteiger partial charge in [-0.1, -0.05) is 12.1 Å². The summed E-state index contributed by atoms with van der Waals surface area (Å²) in [6, 6.07) is 4.15. The van der Waals surface area contributed by atoms with Crippen molar-refractivity contribution in [1.82, 2.24) is 15.5 Å². The molecule has 24 heavy (non-hydrogen) atoms. The summed E-state index contributed by atoms with van der Waals surface area (Å²) < 4.78 is 0. The van der Waals surface area contributed by atoms with E-state index in [0.29, 0.717) is 23.2 Å². The van der Waals surface area contributed by atoms with Gasteiger partial charge < -0.3 is 5.32 Å². The maximum Gasteiger partial charge on any atom is 0.262 e. The molecule has 2 aliphatic rings. The summed E-state index contributed by atoms with van der Waals surface area (Å²) >= 11 is 6.44. The monoisotopic (exact) mass is 367 g/mol. The summed E-state index contributed by atoms with van der Waals surface area (Å²) in [7, 11) is 1.75. The van der Waals surface area contributed by atoms with Crippen molar-refractivity contribution in [3.63, 3.8) is 0 Å². The quantitative estimate of drug-likeness (QED) is 0.356. The Bertz CT molecular complexity index is 708. The molecule has 2 N–H and O–H groups in total. The van der Waals surface area contributed by atoms with Crippen LogP contribution in [-0.4, -0.2) is 41.6 Å². The molecule has 3 rings (SSSR count). The molecule has 0 aliphatic carbocycles. The Kier molecular flexibility index (Phi) is 6.03. The Labute approximate surface area is 149 Å². The Morgan fingerprint density at radius 1 is 1.21 bits per heavy atom. The molecular formula is C15H17N3O4S2. The van der Waals surface area contributed by atoms with Crippen molar-refractivity contribution < 1.29 is 19.2 Å². The van der Waals surface area contributed by atoms with Gasteiger partial charge >= 0.3 is 0 Å². The molecule has 2 heterocycles.